The minimum Gasteiger partial charge on any atom is -0.493 e. The van der Waals surface area contributed by atoms with E-state index < -0.39 is 5.92 Å². The zero-order valence-corrected chi connectivity index (χ0v) is 11.2. The van der Waals surface area contributed by atoms with Crippen molar-refractivity contribution in [3.8, 4) is 5.75 Å². The van der Waals surface area contributed by atoms with Gasteiger partial charge in [0.2, 0.25) is 5.92 Å². The number of hydrogen-bond acceptors (Lipinski definition) is 2. The quantitative estimate of drug-likeness (QED) is 0.771. The number of halogens is 2. The van der Waals surface area contributed by atoms with Gasteiger partial charge in [-0.1, -0.05) is 0 Å². The number of carbonyl (C=O) groups excluding carboxylic acids is 1. The topological polar surface area (TPSA) is 26.3 Å². The number of ether oxygens (including phenoxy) is 1. The van der Waals surface area contributed by atoms with Crippen LogP contribution in [0.1, 0.15) is 42.1 Å². The van der Waals surface area contributed by atoms with Gasteiger partial charge in [-0.05, 0) is 49.9 Å². The minimum absolute atomic E-state index is 0.00471. The largest absolute Gasteiger partial charge is 0.493 e. The molecular formula is C15H18F2O2. The van der Waals surface area contributed by atoms with Crippen LogP contribution < -0.4 is 4.74 Å². The first-order valence-electron chi connectivity index (χ1n) is 6.49. The number of aryl methyl sites for hydroxylation is 1. The highest BCUT2D eigenvalue weighted by Crippen LogP contribution is 2.39. The Bertz CT molecular complexity index is 483. The minimum atomic E-state index is -2.53. The Kier molecular flexibility index (Phi) is 3.88. The molecule has 0 aromatic heterocycles. The van der Waals surface area contributed by atoms with Crippen LogP contribution in [0.4, 0.5) is 8.78 Å². The van der Waals surface area contributed by atoms with Crippen LogP contribution >= 0.6 is 0 Å². The van der Waals surface area contributed by atoms with E-state index in [1.165, 1.54) is 6.92 Å². The Labute approximate surface area is 111 Å². The van der Waals surface area contributed by atoms with Crippen molar-refractivity contribution in [1.82, 2.24) is 0 Å². The molecule has 1 unspecified atom stereocenters. The summed E-state index contributed by atoms with van der Waals surface area (Å²) in [5, 5.41) is 0. The van der Waals surface area contributed by atoms with Gasteiger partial charge in [-0.2, -0.15) is 0 Å². The molecule has 2 nitrogen and oxygen atoms in total. The lowest BCUT2D eigenvalue weighted by atomic mass is 10.1. The van der Waals surface area contributed by atoms with Gasteiger partial charge in [0.1, 0.15) is 5.75 Å². The zero-order valence-electron chi connectivity index (χ0n) is 11.2. The van der Waals surface area contributed by atoms with Crippen molar-refractivity contribution in [3.05, 3.63) is 29.3 Å². The molecule has 0 saturated heterocycles. The fraction of sp³-hybridized carbons (Fsp3) is 0.533. The van der Waals surface area contributed by atoms with Crippen molar-refractivity contribution in [2.75, 3.05) is 6.61 Å². The molecule has 1 aliphatic carbocycles. The van der Waals surface area contributed by atoms with Crippen LogP contribution in [0.15, 0.2) is 18.2 Å². The Morgan fingerprint density at radius 2 is 2.21 bits per heavy atom. The van der Waals surface area contributed by atoms with Gasteiger partial charge in [-0.25, -0.2) is 8.78 Å². The van der Waals surface area contributed by atoms with Gasteiger partial charge in [0.05, 0.1) is 6.61 Å². The number of hydrogen-bond donors (Lipinski definition) is 0. The van der Waals surface area contributed by atoms with E-state index in [9.17, 15) is 13.6 Å². The maximum Gasteiger partial charge on any atom is 0.248 e. The van der Waals surface area contributed by atoms with Crippen molar-refractivity contribution in [3.63, 3.8) is 0 Å². The number of rotatable bonds is 4. The third-order valence-electron chi connectivity index (χ3n) is 3.56. The molecule has 0 spiro atoms. The Balaban J connectivity index is 1.95. The van der Waals surface area contributed by atoms with E-state index in [1.54, 1.807) is 18.2 Å². The maximum absolute atomic E-state index is 13.0. The summed E-state index contributed by atoms with van der Waals surface area (Å²) in [7, 11) is 0. The van der Waals surface area contributed by atoms with E-state index in [2.05, 4.69) is 0 Å². The molecule has 1 aliphatic rings. The van der Waals surface area contributed by atoms with Crippen LogP contribution in [0.5, 0.6) is 5.75 Å². The van der Waals surface area contributed by atoms with E-state index in [-0.39, 0.29) is 24.5 Å². The summed E-state index contributed by atoms with van der Waals surface area (Å²) in [4.78, 5) is 11.2. The summed E-state index contributed by atoms with van der Waals surface area (Å²) in [5.41, 5.74) is 1.50. The first-order valence-corrected chi connectivity index (χ1v) is 6.49. The van der Waals surface area contributed by atoms with E-state index in [1.807, 2.05) is 6.92 Å². The zero-order chi connectivity index (χ0) is 14.0. The maximum atomic E-state index is 13.0. The lowest BCUT2D eigenvalue weighted by Gasteiger charge is -2.14. The van der Waals surface area contributed by atoms with Gasteiger partial charge in [0, 0.05) is 18.4 Å². The van der Waals surface area contributed by atoms with E-state index >= 15 is 0 Å². The molecule has 2 rings (SSSR count). The highest BCUT2D eigenvalue weighted by atomic mass is 19.3. The summed E-state index contributed by atoms with van der Waals surface area (Å²) >= 11 is 0. The Morgan fingerprint density at radius 3 is 2.74 bits per heavy atom. The average Bonchev–Trinajstić information content (AvgIpc) is 2.67. The summed E-state index contributed by atoms with van der Waals surface area (Å²) in [5.74, 6) is -1.94. The number of ketones is 1. The second-order valence-electron chi connectivity index (χ2n) is 5.31. The Morgan fingerprint density at radius 1 is 1.47 bits per heavy atom. The SMILES string of the molecule is CC(=O)c1ccc(OCC2CCC(F)(F)C2)c(C)c1. The van der Waals surface area contributed by atoms with Crippen molar-refractivity contribution in [1.29, 1.82) is 0 Å². The fourth-order valence-electron chi connectivity index (χ4n) is 2.42. The van der Waals surface area contributed by atoms with Gasteiger partial charge in [-0.15, -0.1) is 0 Å². The molecular weight excluding hydrogens is 250 g/mol. The third-order valence-corrected chi connectivity index (χ3v) is 3.56. The van der Waals surface area contributed by atoms with Gasteiger partial charge in [0.25, 0.3) is 0 Å². The molecule has 104 valence electrons. The van der Waals surface area contributed by atoms with Crippen LogP contribution in [0.25, 0.3) is 0 Å². The third kappa shape index (κ3) is 3.52. The second kappa shape index (κ2) is 5.27. The number of benzene rings is 1. The Hall–Kier alpha value is -1.45. The van der Waals surface area contributed by atoms with Crippen molar-refractivity contribution >= 4 is 5.78 Å². The monoisotopic (exact) mass is 268 g/mol. The van der Waals surface area contributed by atoms with Crippen molar-refractivity contribution < 1.29 is 18.3 Å². The van der Waals surface area contributed by atoms with E-state index in [0.29, 0.717) is 24.3 Å². The van der Waals surface area contributed by atoms with Gasteiger partial charge >= 0.3 is 0 Å². The van der Waals surface area contributed by atoms with Crippen LogP contribution in [0.2, 0.25) is 0 Å². The first-order chi connectivity index (χ1) is 8.87. The van der Waals surface area contributed by atoms with Crippen LogP contribution in [-0.2, 0) is 0 Å². The fourth-order valence-corrected chi connectivity index (χ4v) is 2.42. The highest BCUT2D eigenvalue weighted by molar-refractivity contribution is 5.94. The van der Waals surface area contributed by atoms with Gasteiger partial charge in [-0.3, -0.25) is 4.79 Å². The second-order valence-corrected chi connectivity index (χ2v) is 5.31. The number of carbonyl (C=O) groups is 1. The summed E-state index contributed by atoms with van der Waals surface area (Å²) < 4.78 is 31.7. The molecule has 19 heavy (non-hydrogen) atoms. The molecule has 4 heteroatoms. The molecule has 0 heterocycles. The average molecular weight is 268 g/mol. The molecule has 1 saturated carbocycles. The molecule has 0 N–H and O–H groups in total. The standard InChI is InChI=1S/C15H18F2O2/c1-10-7-13(11(2)18)3-4-14(10)19-9-12-5-6-15(16,17)8-12/h3-4,7,12H,5-6,8-9H2,1-2H3. The molecule has 1 fully saturated rings. The van der Waals surface area contributed by atoms with Crippen LogP contribution in [0, 0.1) is 12.8 Å². The van der Waals surface area contributed by atoms with E-state index in [4.69, 9.17) is 4.74 Å². The highest BCUT2D eigenvalue weighted by Gasteiger charge is 2.39. The predicted molar refractivity (Wildman–Crippen MR) is 69.0 cm³/mol. The number of Topliss-reactive ketones (excluding diaryl/α,β-unsaturated/α-hetero) is 1. The van der Waals surface area contributed by atoms with E-state index in [0.717, 1.165) is 5.56 Å². The van der Waals surface area contributed by atoms with Crippen LogP contribution in [-0.4, -0.2) is 18.3 Å². The molecule has 0 radical (unpaired) electrons. The molecule has 1 atom stereocenters. The molecule has 0 bridgehead atoms. The first kappa shape index (κ1) is 14.0. The normalized spacial score (nSPS) is 21.4. The number of alkyl halides is 2. The molecule has 1 aromatic rings. The van der Waals surface area contributed by atoms with Crippen LogP contribution in [0.3, 0.4) is 0 Å². The lowest BCUT2D eigenvalue weighted by Crippen LogP contribution is -2.14. The summed E-state index contributed by atoms with van der Waals surface area (Å²) in [6.07, 6.45) is 0.387. The van der Waals surface area contributed by atoms with Crippen molar-refractivity contribution in [2.45, 2.75) is 39.0 Å². The summed E-state index contributed by atoms with van der Waals surface area (Å²) in [6, 6.07) is 5.20. The summed E-state index contributed by atoms with van der Waals surface area (Å²) in [6.45, 7) is 3.68. The lowest BCUT2D eigenvalue weighted by molar-refractivity contribution is 0.00290. The van der Waals surface area contributed by atoms with Gasteiger partial charge in [0.15, 0.2) is 5.78 Å². The molecule has 0 amide bonds. The molecule has 0 aliphatic heterocycles. The van der Waals surface area contributed by atoms with Crippen molar-refractivity contribution in [2.24, 2.45) is 5.92 Å². The predicted octanol–water partition coefficient (Wildman–Crippen LogP) is 4.01. The van der Waals surface area contributed by atoms with Gasteiger partial charge < -0.3 is 4.74 Å². The molecule has 1 aromatic carbocycles. The smallest absolute Gasteiger partial charge is 0.248 e.